The summed E-state index contributed by atoms with van der Waals surface area (Å²) in [4.78, 5) is 23.3. The molecule has 5 heteroatoms. The number of carbonyl (C=O) groups excluding carboxylic acids is 1. The zero-order chi connectivity index (χ0) is 16.7. The van der Waals surface area contributed by atoms with Gasteiger partial charge in [0.1, 0.15) is 0 Å². The summed E-state index contributed by atoms with van der Waals surface area (Å²) in [7, 11) is 0. The number of carbonyl (C=O) groups is 2. The molecule has 0 aliphatic carbocycles. The second-order valence-electron chi connectivity index (χ2n) is 5.07. The van der Waals surface area contributed by atoms with E-state index in [1.165, 1.54) is 17.7 Å². The van der Waals surface area contributed by atoms with Gasteiger partial charge < -0.3 is 10.4 Å². The van der Waals surface area contributed by atoms with Crippen molar-refractivity contribution >= 4 is 29.3 Å². The van der Waals surface area contributed by atoms with Crippen LogP contribution in [0.3, 0.4) is 0 Å². The Morgan fingerprint density at radius 2 is 1.87 bits per heavy atom. The second-order valence-corrected chi connectivity index (χ2v) is 6.26. The van der Waals surface area contributed by atoms with Gasteiger partial charge in [0.15, 0.2) is 0 Å². The van der Waals surface area contributed by atoms with E-state index in [1.54, 1.807) is 23.9 Å². The van der Waals surface area contributed by atoms with Gasteiger partial charge in [-0.1, -0.05) is 43.3 Å². The molecule has 0 fully saturated rings. The van der Waals surface area contributed by atoms with Crippen LogP contribution < -0.4 is 5.32 Å². The van der Waals surface area contributed by atoms with E-state index in [1.807, 2.05) is 37.3 Å². The van der Waals surface area contributed by atoms with E-state index in [0.717, 1.165) is 5.75 Å². The fraction of sp³-hybridized carbons (Fsp3) is 0.222. The van der Waals surface area contributed by atoms with Crippen molar-refractivity contribution in [1.82, 2.24) is 0 Å². The summed E-state index contributed by atoms with van der Waals surface area (Å²) in [5.74, 6) is -0.343. The van der Waals surface area contributed by atoms with Gasteiger partial charge in [0.05, 0.1) is 10.8 Å². The third-order valence-electron chi connectivity index (χ3n) is 3.33. The van der Waals surface area contributed by atoms with Crippen molar-refractivity contribution in [3.8, 4) is 0 Å². The molecular weight excluding hydrogens is 310 g/mol. The lowest BCUT2D eigenvalue weighted by Crippen LogP contribution is -2.24. The Morgan fingerprint density at radius 1 is 1.13 bits per heavy atom. The van der Waals surface area contributed by atoms with E-state index < -0.39 is 5.97 Å². The summed E-state index contributed by atoms with van der Waals surface area (Å²) in [5.41, 5.74) is 1.85. The monoisotopic (exact) mass is 329 g/mol. The molecule has 1 unspecified atom stereocenters. The summed E-state index contributed by atoms with van der Waals surface area (Å²) in [6.45, 7) is 1.97. The molecule has 4 nitrogen and oxygen atoms in total. The summed E-state index contributed by atoms with van der Waals surface area (Å²) in [5, 5.41) is 11.6. The Kier molecular flexibility index (Phi) is 6.23. The molecule has 2 aromatic rings. The maximum atomic E-state index is 12.4. The van der Waals surface area contributed by atoms with E-state index in [2.05, 4.69) is 5.32 Å². The van der Waals surface area contributed by atoms with Crippen molar-refractivity contribution < 1.29 is 14.7 Å². The molecule has 1 amide bonds. The minimum atomic E-state index is -1.01. The molecular formula is C18H19NO3S. The van der Waals surface area contributed by atoms with Gasteiger partial charge in [0.25, 0.3) is 0 Å². The number of carboxylic acids is 1. The molecule has 0 radical (unpaired) electrons. The Labute approximate surface area is 139 Å². The molecule has 2 rings (SSSR count). The van der Waals surface area contributed by atoms with Crippen LogP contribution in [0.1, 0.15) is 29.3 Å². The van der Waals surface area contributed by atoms with Crippen LogP contribution in [-0.4, -0.2) is 22.2 Å². The zero-order valence-corrected chi connectivity index (χ0v) is 13.7. The molecule has 0 aliphatic heterocycles. The first kappa shape index (κ1) is 17.1. The molecule has 23 heavy (non-hydrogen) atoms. The first-order valence-corrected chi connectivity index (χ1v) is 8.44. The Hall–Kier alpha value is -2.27. The van der Waals surface area contributed by atoms with Gasteiger partial charge in [-0.3, -0.25) is 4.79 Å². The first-order chi connectivity index (χ1) is 11.1. The maximum Gasteiger partial charge on any atom is 0.335 e. The molecule has 0 aliphatic rings. The van der Waals surface area contributed by atoms with E-state index in [0.29, 0.717) is 12.1 Å². The topological polar surface area (TPSA) is 66.4 Å². The van der Waals surface area contributed by atoms with Gasteiger partial charge in [-0.15, -0.1) is 11.8 Å². The fourth-order valence-electron chi connectivity index (χ4n) is 2.10. The lowest BCUT2D eigenvalue weighted by Gasteiger charge is -2.15. The third-order valence-corrected chi connectivity index (χ3v) is 4.78. The van der Waals surface area contributed by atoms with E-state index in [4.69, 9.17) is 5.11 Å². The van der Waals surface area contributed by atoms with Crippen LogP contribution in [0.5, 0.6) is 0 Å². The number of carboxylic acid groups (broad SMARTS) is 1. The average Bonchev–Trinajstić information content (AvgIpc) is 2.56. The molecule has 0 saturated carbocycles. The predicted molar refractivity (Wildman–Crippen MR) is 93.8 cm³/mol. The number of amides is 1. The van der Waals surface area contributed by atoms with Crippen molar-refractivity contribution in [3.05, 3.63) is 65.7 Å². The quantitative estimate of drug-likeness (QED) is 0.804. The number of hydrogen-bond donors (Lipinski definition) is 2. The van der Waals surface area contributed by atoms with Crippen LogP contribution in [0, 0.1) is 0 Å². The average molecular weight is 329 g/mol. The molecule has 0 heterocycles. The summed E-state index contributed by atoms with van der Waals surface area (Å²) in [6, 6.07) is 16.3. The normalized spacial score (nSPS) is 11.7. The minimum absolute atomic E-state index is 0.101. The number of benzene rings is 2. The molecule has 0 spiro atoms. The smallest absolute Gasteiger partial charge is 0.335 e. The highest BCUT2D eigenvalue weighted by Crippen LogP contribution is 2.22. The van der Waals surface area contributed by atoms with Gasteiger partial charge >= 0.3 is 5.97 Å². The molecule has 0 bridgehead atoms. The fourth-order valence-corrected chi connectivity index (χ4v) is 3.13. The maximum absolute atomic E-state index is 12.4. The number of aromatic carboxylic acids is 1. The number of thioether (sulfide) groups is 1. The van der Waals surface area contributed by atoms with Gasteiger partial charge in [-0.05, 0) is 30.2 Å². The van der Waals surface area contributed by atoms with Crippen LogP contribution in [0.2, 0.25) is 0 Å². The Morgan fingerprint density at radius 3 is 2.52 bits per heavy atom. The lowest BCUT2D eigenvalue weighted by atomic mass is 10.2. The van der Waals surface area contributed by atoms with Crippen molar-refractivity contribution in [3.63, 3.8) is 0 Å². The molecule has 2 aromatic carbocycles. The molecule has 0 aromatic heterocycles. The van der Waals surface area contributed by atoms with Gasteiger partial charge in [0, 0.05) is 11.4 Å². The standard InChI is InChI=1S/C18H19NO3S/c1-2-16(23-12-13-7-4-3-5-8-13)17(20)19-15-10-6-9-14(11-15)18(21)22/h3-11,16H,2,12H2,1H3,(H,19,20)(H,21,22). The van der Waals surface area contributed by atoms with Crippen LogP contribution in [0.4, 0.5) is 5.69 Å². The number of anilines is 1. The Bertz CT molecular complexity index is 673. The minimum Gasteiger partial charge on any atom is -0.478 e. The van der Waals surface area contributed by atoms with Crippen molar-refractivity contribution in [2.75, 3.05) is 5.32 Å². The first-order valence-electron chi connectivity index (χ1n) is 7.40. The molecule has 120 valence electrons. The van der Waals surface area contributed by atoms with Gasteiger partial charge in [-0.25, -0.2) is 4.79 Å². The largest absolute Gasteiger partial charge is 0.478 e. The van der Waals surface area contributed by atoms with Gasteiger partial charge in [0.2, 0.25) is 5.91 Å². The Balaban J connectivity index is 1.97. The lowest BCUT2D eigenvalue weighted by molar-refractivity contribution is -0.115. The number of nitrogens with one attached hydrogen (secondary N) is 1. The summed E-state index contributed by atoms with van der Waals surface area (Å²) >= 11 is 1.58. The third kappa shape index (κ3) is 5.14. The molecule has 0 saturated heterocycles. The van der Waals surface area contributed by atoms with Crippen LogP contribution in [-0.2, 0) is 10.5 Å². The van der Waals surface area contributed by atoms with Crippen molar-refractivity contribution in [1.29, 1.82) is 0 Å². The van der Waals surface area contributed by atoms with E-state index in [9.17, 15) is 9.59 Å². The van der Waals surface area contributed by atoms with E-state index in [-0.39, 0.29) is 16.7 Å². The zero-order valence-electron chi connectivity index (χ0n) is 12.9. The number of rotatable bonds is 7. The highest BCUT2D eigenvalue weighted by molar-refractivity contribution is 7.99. The summed E-state index contributed by atoms with van der Waals surface area (Å²) in [6.07, 6.45) is 0.710. The SMILES string of the molecule is CCC(SCc1ccccc1)C(=O)Nc1cccc(C(=O)O)c1. The highest BCUT2D eigenvalue weighted by atomic mass is 32.2. The molecule has 2 N–H and O–H groups in total. The van der Waals surface area contributed by atoms with E-state index >= 15 is 0 Å². The van der Waals surface area contributed by atoms with Crippen molar-refractivity contribution in [2.45, 2.75) is 24.3 Å². The summed E-state index contributed by atoms with van der Waals surface area (Å²) < 4.78 is 0. The predicted octanol–water partition coefficient (Wildman–Crippen LogP) is 4.04. The highest BCUT2D eigenvalue weighted by Gasteiger charge is 2.17. The van der Waals surface area contributed by atoms with Crippen LogP contribution >= 0.6 is 11.8 Å². The van der Waals surface area contributed by atoms with Gasteiger partial charge in [-0.2, -0.15) is 0 Å². The second kappa shape index (κ2) is 8.39. The van der Waals surface area contributed by atoms with Crippen molar-refractivity contribution in [2.24, 2.45) is 0 Å². The number of hydrogen-bond acceptors (Lipinski definition) is 3. The molecule has 1 atom stereocenters. The van der Waals surface area contributed by atoms with Crippen LogP contribution in [0.25, 0.3) is 0 Å². The van der Waals surface area contributed by atoms with Crippen LogP contribution in [0.15, 0.2) is 54.6 Å².